The molecule has 1 aliphatic carbocycles. The molecule has 1 saturated carbocycles. The Morgan fingerprint density at radius 3 is 2.60 bits per heavy atom. The van der Waals surface area contributed by atoms with Gasteiger partial charge in [0.15, 0.2) is 11.5 Å². The van der Waals surface area contributed by atoms with Gasteiger partial charge in [-0.05, 0) is 39.7 Å². The first kappa shape index (κ1) is 18.7. The lowest BCUT2D eigenvalue weighted by molar-refractivity contribution is 0.0781. The van der Waals surface area contributed by atoms with E-state index in [1.165, 1.54) is 6.26 Å². The highest BCUT2D eigenvalue weighted by Gasteiger charge is 2.35. The van der Waals surface area contributed by atoms with Crippen LogP contribution in [0.2, 0.25) is 0 Å². The third kappa shape index (κ3) is 3.02. The molecule has 0 saturated heterocycles. The Balaban J connectivity index is 1.38. The minimum absolute atomic E-state index is 0.245. The van der Waals surface area contributed by atoms with E-state index >= 15 is 0 Å². The normalized spacial score (nSPS) is 19.2. The van der Waals surface area contributed by atoms with Gasteiger partial charge in [0.1, 0.15) is 12.0 Å². The number of aryl methyl sites for hydroxylation is 1. The third-order valence-corrected chi connectivity index (χ3v) is 5.81. The fourth-order valence-electron chi connectivity index (χ4n) is 3.88. The summed E-state index contributed by atoms with van der Waals surface area (Å²) in [6.45, 7) is 5.43. The lowest BCUT2D eigenvalue weighted by atomic mass is 9.72. The van der Waals surface area contributed by atoms with Crippen molar-refractivity contribution in [2.75, 3.05) is 5.73 Å². The Labute approximate surface area is 173 Å². The highest BCUT2D eigenvalue weighted by Crippen LogP contribution is 2.46. The van der Waals surface area contributed by atoms with Gasteiger partial charge in [0.05, 0.1) is 11.8 Å². The van der Waals surface area contributed by atoms with E-state index in [4.69, 9.17) is 15.1 Å². The number of aliphatic hydroxyl groups is 1. The number of nitrogens with two attached hydrogens (primary N) is 1. The summed E-state index contributed by atoms with van der Waals surface area (Å²) in [5.41, 5.74) is 9.15. The number of nitrogens with zero attached hydrogens (tertiary/aromatic N) is 6. The van der Waals surface area contributed by atoms with Crippen molar-refractivity contribution in [2.45, 2.75) is 51.0 Å². The van der Waals surface area contributed by atoms with Crippen LogP contribution in [0.1, 0.15) is 61.2 Å². The van der Waals surface area contributed by atoms with Crippen molar-refractivity contribution in [3.05, 3.63) is 53.4 Å². The van der Waals surface area contributed by atoms with Crippen molar-refractivity contribution in [3.8, 4) is 11.6 Å². The van der Waals surface area contributed by atoms with Crippen LogP contribution in [0.15, 0.2) is 35.2 Å². The van der Waals surface area contributed by atoms with E-state index in [1.54, 1.807) is 30.8 Å². The molecule has 0 aromatic carbocycles. The van der Waals surface area contributed by atoms with Crippen molar-refractivity contribution in [1.29, 1.82) is 0 Å². The Morgan fingerprint density at radius 2 is 1.97 bits per heavy atom. The van der Waals surface area contributed by atoms with Gasteiger partial charge in [-0.2, -0.15) is 4.52 Å². The highest BCUT2D eigenvalue weighted by atomic mass is 16.3. The van der Waals surface area contributed by atoms with Crippen molar-refractivity contribution < 1.29 is 9.52 Å². The third-order valence-electron chi connectivity index (χ3n) is 5.81. The molecule has 4 heterocycles. The molecule has 0 bridgehead atoms. The number of nitrogen functional groups attached to an aromatic ring is 1. The van der Waals surface area contributed by atoms with Crippen LogP contribution in [0, 0.1) is 6.92 Å². The molecule has 0 radical (unpaired) electrons. The van der Waals surface area contributed by atoms with Gasteiger partial charge in [-0.1, -0.05) is 6.07 Å². The molecule has 9 heteroatoms. The molecule has 0 spiro atoms. The van der Waals surface area contributed by atoms with E-state index in [0.717, 1.165) is 35.5 Å². The summed E-state index contributed by atoms with van der Waals surface area (Å²) in [6.07, 6.45) is 6.67. The Bertz CT molecular complexity index is 1200. The van der Waals surface area contributed by atoms with Gasteiger partial charge < -0.3 is 15.3 Å². The first-order valence-corrected chi connectivity index (χ1v) is 9.92. The van der Waals surface area contributed by atoms with Gasteiger partial charge in [0.25, 0.3) is 0 Å². The first-order valence-electron chi connectivity index (χ1n) is 9.92. The van der Waals surface area contributed by atoms with Crippen molar-refractivity contribution in [2.24, 2.45) is 0 Å². The molecule has 154 valence electrons. The number of hydrogen-bond donors (Lipinski definition) is 2. The van der Waals surface area contributed by atoms with Crippen molar-refractivity contribution in [3.63, 3.8) is 0 Å². The molecule has 0 amide bonds. The zero-order chi connectivity index (χ0) is 21.0. The zero-order valence-corrected chi connectivity index (χ0v) is 17.1. The smallest absolute Gasteiger partial charge is 0.245 e. The van der Waals surface area contributed by atoms with E-state index in [1.807, 2.05) is 19.1 Å². The fourth-order valence-corrected chi connectivity index (χ4v) is 3.88. The topological polar surface area (TPSA) is 128 Å². The quantitative estimate of drug-likeness (QED) is 0.530. The van der Waals surface area contributed by atoms with Gasteiger partial charge in [-0.25, -0.2) is 15.0 Å². The molecule has 5 rings (SSSR count). The van der Waals surface area contributed by atoms with Crippen LogP contribution in [0.25, 0.3) is 17.2 Å². The van der Waals surface area contributed by atoms with Gasteiger partial charge in [0, 0.05) is 34.9 Å². The zero-order valence-electron chi connectivity index (χ0n) is 17.1. The van der Waals surface area contributed by atoms with E-state index in [-0.39, 0.29) is 11.9 Å². The minimum Gasteiger partial charge on any atom is -0.443 e. The van der Waals surface area contributed by atoms with Crippen LogP contribution in [0.3, 0.4) is 0 Å². The molecule has 1 aliphatic rings. The molecule has 9 nitrogen and oxygen atoms in total. The van der Waals surface area contributed by atoms with E-state index in [9.17, 15) is 5.11 Å². The summed E-state index contributed by atoms with van der Waals surface area (Å²) in [7, 11) is 0. The second-order valence-electron chi connectivity index (χ2n) is 8.38. The van der Waals surface area contributed by atoms with Crippen LogP contribution < -0.4 is 5.73 Å². The Morgan fingerprint density at radius 1 is 1.17 bits per heavy atom. The summed E-state index contributed by atoms with van der Waals surface area (Å²) in [5, 5.41) is 14.7. The molecule has 4 aromatic rings. The predicted molar refractivity (Wildman–Crippen MR) is 110 cm³/mol. The molecule has 3 N–H and O–H groups in total. The highest BCUT2D eigenvalue weighted by molar-refractivity contribution is 5.65. The lowest BCUT2D eigenvalue weighted by Crippen LogP contribution is -2.23. The SMILES string of the molecule is Cc1c(-c2ncco2)nc(N)n2nc([C@H]3C[C@@H](c4ccc(C(C)(C)O)cn4)C3)nc12. The van der Waals surface area contributed by atoms with Gasteiger partial charge >= 0.3 is 0 Å². The van der Waals surface area contributed by atoms with Gasteiger partial charge in [-0.3, -0.25) is 4.98 Å². The average molecular weight is 405 g/mol. The number of aromatic nitrogens is 6. The van der Waals surface area contributed by atoms with Crippen LogP contribution in [0.5, 0.6) is 0 Å². The van der Waals surface area contributed by atoms with E-state index < -0.39 is 5.60 Å². The molecule has 30 heavy (non-hydrogen) atoms. The number of rotatable bonds is 4. The number of pyridine rings is 1. The molecular formula is C21H23N7O2. The Hall–Kier alpha value is -3.33. The molecule has 1 fully saturated rings. The monoisotopic (exact) mass is 405 g/mol. The summed E-state index contributed by atoms with van der Waals surface area (Å²) < 4.78 is 6.96. The summed E-state index contributed by atoms with van der Waals surface area (Å²) in [6, 6.07) is 3.94. The molecule has 0 unspecified atom stereocenters. The molecule has 4 aromatic heterocycles. The number of fused-ring (bicyclic) bond motifs is 1. The van der Waals surface area contributed by atoms with Gasteiger partial charge in [0.2, 0.25) is 11.8 Å². The minimum atomic E-state index is -0.885. The fraction of sp³-hybridized carbons (Fsp3) is 0.381. The number of oxazole rings is 1. The maximum atomic E-state index is 10.1. The summed E-state index contributed by atoms with van der Waals surface area (Å²) >= 11 is 0. The van der Waals surface area contributed by atoms with Crippen LogP contribution in [-0.2, 0) is 5.60 Å². The lowest BCUT2D eigenvalue weighted by Gasteiger charge is -2.33. The summed E-state index contributed by atoms with van der Waals surface area (Å²) in [5.74, 6) is 2.03. The molecule has 0 aliphatic heterocycles. The Kier molecular flexibility index (Phi) is 4.11. The predicted octanol–water partition coefficient (Wildman–Crippen LogP) is 2.95. The second kappa shape index (κ2) is 6.60. The summed E-state index contributed by atoms with van der Waals surface area (Å²) in [4.78, 5) is 17.9. The van der Waals surface area contributed by atoms with Crippen LogP contribution in [0.4, 0.5) is 5.95 Å². The number of hydrogen-bond acceptors (Lipinski definition) is 8. The van der Waals surface area contributed by atoms with Gasteiger partial charge in [-0.15, -0.1) is 5.10 Å². The number of anilines is 1. The average Bonchev–Trinajstić information content (AvgIpc) is 3.34. The second-order valence-corrected chi connectivity index (χ2v) is 8.38. The first-order chi connectivity index (χ1) is 14.3. The van der Waals surface area contributed by atoms with Crippen molar-refractivity contribution in [1.82, 2.24) is 29.5 Å². The molecular weight excluding hydrogens is 382 g/mol. The van der Waals surface area contributed by atoms with Crippen LogP contribution in [-0.4, -0.2) is 34.7 Å². The van der Waals surface area contributed by atoms with E-state index in [0.29, 0.717) is 23.1 Å². The van der Waals surface area contributed by atoms with Crippen LogP contribution >= 0.6 is 0 Å². The standard InChI is InChI=1S/C21H23N7O2/c1-11-16(19-23-6-7-30-19)25-20(22)28-18(11)26-17(27-28)13-8-12(9-13)15-5-4-14(10-24-15)21(2,3)29/h4-7,10,12-13,29H,8-9H2,1-3H3,(H2,22,25)/t12-,13+. The maximum Gasteiger partial charge on any atom is 0.245 e. The molecule has 0 atom stereocenters. The largest absolute Gasteiger partial charge is 0.443 e. The van der Waals surface area contributed by atoms with Crippen molar-refractivity contribution >= 4 is 11.6 Å². The van der Waals surface area contributed by atoms with E-state index in [2.05, 4.69) is 20.1 Å². The maximum absolute atomic E-state index is 10.1.